The van der Waals surface area contributed by atoms with Gasteiger partial charge in [-0.2, -0.15) is 0 Å². The molecule has 1 aromatic carbocycles. The van der Waals surface area contributed by atoms with E-state index < -0.39 is 84.3 Å². The summed E-state index contributed by atoms with van der Waals surface area (Å²) in [4.78, 5) is 84.7. The number of hydrogen-bond donors (Lipinski definition) is 6. The van der Waals surface area contributed by atoms with Crippen LogP contribution in [0.15, 0.2) is 30.3 Å². The summed E-state index contributed by atoms with van der Waals surface area (Å²) in [6.07, 6.45) is -0.237. The van der Waals surface area contributed by atoms with Gasteiger partial charge in [-0.1, -0.05) is 44.2 Å². The Labute approximate surface area is 232 Å². The van der Waals surface area contributed by atoms with Gasteiger partial charge in [0.15, 0.2) is 5.78 Å². The summed E-state index contributed by atoms with van der Waals surface area (Å²) in [6, 6.07) is 4.31. The molecule has 4 atom stereocenters. The average Bonchev–Trinajstić information content (AvgIpc) is 2.85. The number of aryl methyl sites for hydroxylation is 1. The van der Waals surface area contributed by atoms with Gasteiger partial charge in [0, 0.05) is 13.3 Å². The first-order chi connectivity index (χ1) is 18.7. The zero-order valence-electron chi connectivity index (χ0n) is 23.1. The number of nitrogens with one attached hydrogen (secondary N) is 4. The first kappa shape index (κ1) is 33.7. The standard InChI is InChI=1S/C27H38N4O9/c1-15(2)24(31-25(38)16(3)28-26(39)20(14-23(36)37)29-17(4)32)27(40)30-19(13-22(34)35)21(33)12-8-11-18-9-6-5-7-10-18/h5-7,9-10,15-16,19-20,24H,8,11-14H2,1-4H3,(H,28,39)(H,29,32)(H,30,40)(H,31,38)(H,34,35)(H,36,37). The van der Waals surface area contributed by atoms with Crippen LogP contribution < -0.4 is 21.3 Å². The molecule has 0 fully saturated rings. The lowest BCUT2D eigenvalue weighted by molar-refractivity contribution is -0.141. The fraction of sp³-hybridized carbons (Fsp3) is 0.519. The minimum Gasteiger partial charge on any atom is -0.481 e. The van der Waals surface area contributed by atoms with Gasteiger partial charge >= 0.3 is 11.9 Å². The summed E-state index contributed by atoms with van der Waals surface area (Å²) < 4.78 is 0. The monoisotopic (exact) mass is 562 g/mol. The molecule has 40 heavy (non-hydrogen) atoms. The fourth-order valence-electron chi connectivity index (χ4n) is 3.79. The molecule has 0 aliphatic heterocycles. The van der Waals surface area contributed by atoms with E-state index in [4.69, 9.17) is 5.11 Å². The topological polar surface area (TPSA) is 208 Å². The van der Waals surface area contributed by atoms with Crippen molar-refractivity contribution in [1.82, 2.24) is 21.3 Å². The number of ketones is 1. The number of hydrogen-bond acceptors (Lipinski definition) is 7. The number of amides is 4. The predicted molar refractivity (Wildman–Crippen MR) is 143 cm³/mol. The van der Waals surface area contributed by atoms with E-state index >= 15 is 0 Å². The third kappa shape index (κ3) is 12.5. The van der Waals surface area contributed by atoms with Crippen LogP contribution in [-0.2, 0) is 40.0 Å². The third-order valence-electron chi connectivity index (χ3n) is 5.89. The SMILES string of the molecule is CC(=O)NC(CC(=O)O)C(=O)NC(C)C(=O)NC(C(=O)NC(CC(=O)O)C(=O)CCCc1ccccc1)C(C)C. The van der Waals surface area contributed by atoms with E-state index in [2.05, 4.69) is 21.3 Å². The molecule has 13 heteroatoms. The summed E-state index contributed by atoms with van der Waals surface area (Å²) in [7, 11) is 0. The first-order valence-corrected chi connectivity index (χ1v) is 12.9. The number of carbonyl (C=O) groups is 7. The van der Waals surface area contributed by atoms with Crippen molar-refractivity contribution in [2.45, 2.75) is 84.0 Å². The highest BCUT2D eigenvalue weighted by Gasteiger charge is 2.32. The lowest BCUT2D eigenvalue weighted by Crippen LogP contribution is -2.58. The lowest BCUT2D eigenvalue weighted by Gasteiger charge is -2.26. The second kappa shape index (κ2) is 16.6. The predicted octanol–water partition coefficient (Wildman–Crippen LogP) is 0.163. The van der Waals surface area contributed by atoms with E-state index in [-0.39, 0.29) is 6.42 Å². The molecule has 6 N–H and O–H groups in total. The molecule has 0 bridgehead atoms. The zero-order valence-corrected chi connectivity index (χ0v) is 23.1. The summed E-state index contributed by atoms with van der Waals surface area (Å²) in [6.45, 7) is 5.66. The van der Waals surface area contributed by atoms with Crippen molar-refractivity contribution in [3.05, 3.63) is 35.9 Å². The van der Waals surface area contributed by atoms with E-state index in [1.165, 1.54) is 6.92 Å². The van der Waals surface area contributed by atoms with Crippen molar-refractivity contribution in [2.24, 2.45) is 5.92 Å². The van der Waals surface area contributed by atoms with Crippen LogP contribution in [-0.4, -0.2) is 75.7 Å². The van der Waals surface area contributed by atoms with E-state index in [0.29, 0.717) is 12.8 Å². The summed E-state index contributed by atoms with van der Waals surface area (Å²) in [5.74, 6) is -6.66. The highest BCUT2D eigenvalue weighted by atomic mass is 16.4. The van der Waals surface area contributed by atoms with Gasteiger partial charge in [-0.15, -0.1) is 0 Å². The Kier molecular flexibility index (Phi) is 14.0. The smallest absolute Gasteiger partial charge is 0.305 e. The van der Waals surface area contributed by atoms with Gasteiger partial charge in [-0.3, -0.25) is 33.6 Å². The van der Waals surface area contributed by atoms with Gasteiger partial charge in [0.25, 0.3) is 0 Å². The second-order valence-electron chi connectivity index (χ2n) is 9.78. The number of benzene rings is 1. The second-order valence-corrected chi connectivity index (χ2v) is 9.78. The van der Waals surface area contributed by atoms with Crippen molar-refractivity contribution in [2.75, 3.05) is 0 Å². The molecule has 0 aromatic heterocycles. The molecular weight excluding hydrogens is 524 g/mol. The van der Waals surface area contributed by atoms with Crippen molar-refractivity contribution < 1.29 is 43.8 Å². The van der Waals surface area contributed by atoms with Gasteiger partial charge in [-0.05, 0) is 31.2 Å². The Balaban J connectivity index is 2.84. The van der Waals surface area contributed by atoms with E-state index in [0.717, 1.165) is 12.5 Å². The zero-order chi connectivity index (χ0) is 30.4. The number of rotatable bonds is 17. The van der Waals surface area contributed by atoms with Gasteiger partial charge in [0.2, 0.25) is 23.6 Å². The van der Waals surface area contributed by atoms with Gasteiger partial charge < -0.3 is 31.5 Å². The number of aliphatic carboxylic acids is 2. The summed E-state index contributed by atoms with van der Waals surface area (Å²) >= 11 is 0. The van der Waals surface area contributed by atoms with Crippen LogP contribution in [0.4, 0.5) is 0 Å². The molecule has 0 saturated carbocycles. The highest BCUT2D eigenvalue weighted by Crippen LogP contribution is 2.10. The minimum absolute atomic E-state index is 0.0424. The Morgan fingerprint density at radius 3 is 1.82 bits per heavy atom. The normalized spacial score (nSPS) is 13.7. The number of Topliss-reactive ketones (excluding diaryl/α,β-unsaturated/α-hetero) is 1. The Bertz CT molecular complexity index is 1060. The molecule has 0 radical (unpaired) electrons. The molecule has 0 saturated heterocycles. The van der Waals surface area contributed by atoms with Crippen LogP contribution >= 0.6 is 0 Å². The minimum atomic E-state index is -1.42. The third-order valence-corrected chi connectivity index (χ3v) is 5.89. The van der Waals surface area contributed by atoms with Crippen LogP contribution in [0.3, 0.4) is 0 Å². The molecule has 1 rings (SSSR count). The Hall–Kier alpha value is -4.29. The molecule has 0 heterocycles. The summed E-state index contributed by atoms with van der Waals surface area (Å²) in [5, 5.41) is 27.7. The fourth-order valence-corrected chi connectivity index (χ4v) is 3.79. The largest absolute Gasteiger partial charge is 0.481 e. The van der Waals surface area contributed by atoms with Crippen LogP contribution in [0.1, 0.15) is 58.9 Å². The van der Waals surface area contributed by atoms with Gasteiger partial charge in [-0.25, -0.2) is 0 Å². The molecule has 4 amide bonds. The van der Waals surface area contributed by atoms with Crippen molar-refractivity contribution in [3.8, 4) is 0 Å². The van der Waals surface area contributed by atoms with E-state index in [1.54, 1.807) is 13.8 Å². The molecule has 13 nitrogen and oxygen atoms in total. The number of carboxylic acid groups (broad SMARTS) is 2. The van der Waals surface area contributed by atoms with Crippen molar-refractivity contribution in [3.63, 3.8) is 0 Å². The molecule has 0 spiro atoms. The van der Waals surface area contributed by atoms with Crippen LogP contribution in [0, 0.1) is 5.92 Å². The lowest BCUT2D eigenvalue weighted by atomic mass is 9.99. The van der Waals surface area contributed by atoms with Gasteiger partial charge in [0.05, 0.1) is 18.9 Å². The maximum atomic E-state index is 13.0. The molecule has 1 aromatic rings. The molecular formula is C27H38N4O9. The number of carbonyl (C=O) groups excluding carboxylic acids is 5. The first-order valence-electron chi connectivity index (χ1n) is 12.9. The van der Waals surface area contributed by atoms with Crippen LogP contribution in [0.2, 0.25) is 0 Å². The van der Waals surface area contributed by atoms with Crippen molar-refractivity contribution >= 4 is 41.4 Å². The van der Waals surface area contributed by atoms with Crippen molar-refractivity contribution in [1.29, 1.82) is 0 Å². The molecule has 4 unspecified atom stereocenters. The molecule has 0 aliphatic rings. The summed E-state index contributed by atoms with van der Waals surface area (Å²) in [5.41, 5.74) is 1.02. The average molecular weight is 563 g/mol. The quantitative estimate of drug-likeness (QED) is 0.153. The molecule has 0 aliphatic carbocycles. The van der Waals surface area contributed by atoms with Gasteiger partial charge in [0.1, 0.15) is 18.1 Å². The van der Waals surface area contributed by atoms with Crippen LogP contribution in [0.5, 0.6) is 0 Å². The highest BCUT2D eigenvalue weighted by molar-refractivity contribution is 5.97. The van der Waals surface area contributed by atoms with E-state index in [9.17, 15) is 38.7 Å². The van der Waals surface area contributed by atoms with E-state index in [1.807, 2.05) is 30.3 Å². The Morgan fingerprint density at radius 2 is 1.30 bits per heavy atom. The maximum absolute atomic E-state index is 13.0. The molecule has 220 valence electrons. The van der Waals surface area contributed by atoms with Crippen LogP contribution in [0.25, 0.3) is 0 Å². The maximum Gasteiger partial charge on any atom is 0.305 e. The Morgan fingerprint density at radius 1 is 0.725 bits per heavy atom. The number of carboxylic acids is 2.